The minimum atomic E-state index is -3.29. The van der Waals surface area contributed by atoms with Gasteiger partial charge in [0.15, 0.2) is 21.3 Å². The molecule has 0 amide bonds. The summed E-state index contributed by atoms with van der Waals surface area (Å²) in [7, 11) is -0.231. The fourth-order valence-electron chi connectivity index (χ4n) is 1.60. The molecule has 0 spiro atoms. The van der Waals surface area contributed by atoms with E-state index < -0.39 is 20.0 Å². The number of rotatable bonds is 5. The monoisotopic (exact) mass is 306 g/mol. The Bertz CT molecular complexity index is 552. The first-order chi connectivity index (χ1) is 8.65. The molecule has 1 aromatic rings. The van der Waals surface area contributed by atoms with Gasteiger partial charge >= 0.3 is 0 Å². The highest BCUT2D eigenvalue weighted by molar-refractivity contribution is 7.92. The summed E-state index contributed by atoms with van der Waals surface area (Å²) < 4.78 is 32.9. The van der Waals surface area contributed by atoms with Crippen LogP contribution in [0, 0.1) is 0 Å². The molecule has 0 aliphatic carbocycles. The zero-order chi connectivity index (χ0) is 14.8. The molecule has 1 atom stereocenters. The number of benzene rings is 1. The van der Waals surface area contributed by atoms with E-state index in [4.69, 9.17) is 21.1 Å². The van der Waals surface area contributed by atoms with Gasteiger partial charge in [0.2, 0.25) is 0 Å². The second-order valence-corrected chi connectivity index (χ2v) is 7.89. The Labute approximate surface area is 119 Å². The Kier molecular flexibility index (Phi) is 4.74. The van der Waals surface area contributed by atoms with Crippen LogP contribution in [0.2, 0.25) is 0 Å². The Morgan fingerprint density at radius 1 is 1.16 bits per heavy atom. The zero-order valence-electron chi connectivity index (χ0n) is 11.7. The first-order valence-corrected chi connectivity index (χ1v) is 8.03. The molecule has 0 bridgehead atoms. The van der Waals surface area contributed by atoms with Crippen LogP contribution in [0.1, 0.15) is 24.8 Å². The summed E-state index contributed by atoms with van der Waals surface area (Å²) in [6.07, 6.45) is 1.18. The third kappa shape index (κ3) is 3.15. The minimum Gasteiger partial charge on any atom is -0.493 e. The lowest BCUT2D eigenvalue weighted by molar-refractivity contribution is 0.354. The lowest BCUT2D eigenvalue weighted by Crippen LogP contribution is -2.35. The van der Waals surface area contributed by atoms with E-state index >= 15 is 0 Å². The number of hydrogen-bond donors (Lipinski definition) is 0. The van der Waals surface area contributed by atoms with Crippen molar-refractivity contribution in [1.82, 2.24) is 0 Å². The van der Waals surface area contributed by atoms with E-state index in [1.165, 1.54) is 20.5 Å². The van der Waals surface area contributed by atoms with Gasteiger partial charge in [-0.15, -0.1) is 11.6 Å². The molecule has 1 aromatic carbocycles. The molecular formula is C13H19ClO4S. The maximum Gasteiger partial charge on any atom is 0.161 e. The van der Waals surface area contributed by atoms with Crippen molar-refractivity contribution < 1.29 is 17.9 Å². The van der Waals surface area contributed by atoms with Crippen LogP contribution in [0.15, 0.2) is 18.2 Å². The number of halogens is 1. The number of ether oxygens (including phenoxy) is 2. The van der Waals surface area contributed by atoms with Gasteiger partial charge in [0, 0.05) is 6.26 Å². The predicted molar refractivity (Wildman–Crippen MR) is 77.1 cm³/mol. The van der Waals surface area contributed by atoms with Crippen molar-refractivity contribution in [2.45, 2.75) is 24.0 Å². The van der Waals surface area contributed by atoms with Gasteiger partial charge in [0.25, 0.3) is 0 Å². The first-order valence-electron chi connectivity index (χ1n) is 5.70. The van der Waals surface area contributed by atoms with Gasteiger partial charge < -0.3 is 9.47 Å². The lowest BCUT2D eigenvalue weighted by atomic mass is 10.0. The Hall–Kier alpha value is -0.940. The molecule has 0 heterocycles. The topological polar surface area (TPSA) is 52.6 Å². The smallest absolute Gasteiger partial charge is 0.161 e. The highest BCUT2D eigenvalue weighted by Crippen LogP contribution is 2.40. The molecule has 0 aliphatic heterocycles. The van der Waals surface area contributed by atoms with Crippen LogP contribution in [0.3, 0.4) is 0 Å². The summed E-state index contributed by atoms with van der Waals surface area (Å²) >= 11 is 6.33. The molecule has 0 saturated heterocycles. The summed E-state index contributed by atoms with van der Waals surface area (Å²) in [5.74, 6) is 1.10. The SMILES string of the molecule is COc1ccc(C(Cl)C(C)(C)S(C)(=O)=O)cc1OC. The van der Waals surface area contributed by atoms with Gasteiger partial charge in [-0.25, -0.2) is 8.42 Å². The van der Waals surface area contributed by atoms with Gasteiger partial charge in [-0.3, -0.25) is 0 Å². The van der Waals surface area contributed by atoms with Crippen LogP contribution in [-0.4, -0.2) is 33.6 Å². The van der Waals surface area contributed by atoms with E-state index in [1.807, 2.05) is 0 Å². The van der Waals surface area contributed by atoms with E-state index in [2.05, 4.69) is 0 Å². The van der Waals surface area contributed by atoms with E-state index in [1.54, 1.807) is 32.0 Å². The first kappa shape index (κ1) is 16.1. The van der Waals surface area contributed by atoms with Crippen molar-refractivity contribution >= 4 is 21.4 Å². The summed E-state index contributed by atoms with van der Waals surface area (Å²) in [5, 5.41) is -0.678. The second-order valence-electron chi connectivity index (χ2n) is 4.85. The van der Waals surface area contributed by atoms with Crippen molar-refractivity contribution in [3.8, 4) is 11.5 Å². The highest BCUT2D eigenvalue weighted by Gasteiger charge is 2.39. The second kappa shape index (κ2) is 5.59. The van der Waals surface area contributed by atoms with Gasteiger partial charge in [0.1, 0.15) is 0 Å². The summed E-state index contributed by atoms with van der Waals surface area (Å²) in [6, 6.07) is 5.15. The van der Waals surface area contributed by atoms with Crippen LogP contribution in [0.5, 0.6) is 11.5 Å². The average molecular weight is 307 g/mol. The molecule has 4 nitrogen and oxygen atoms in total. The van der Waals surface area contributed by atoms with Crippen LogP contribution >= 0.6 is 11.6 Å². The van der Waals surface area contributed by atoms with Crippen molar-refractivity contribution in [3.05, 3.63) is 23.8 Å². The molecule has 1 rings (SSSR count). The van der Waals surface area contributed by atoms with Crippen molar-refractivity contribution in [1.29, 1.82) is 0 Å². The van der Waals surface area contributed by atoms with Crippen LogP contribution in [0.4, 0.5) is 0 Å². The van der Waals surface area contributed by atoms with Crippen molar-refractivity contribution in [2.75, 3.05) is 20.5 Å². The van der Waals surface area contributed by atoms with Crippen LogP contribution in [0.25, 0.3) is 0 Å². The molecule has 0 saturated carbocycles. The third-order valence-corrected chi connectivity index (χ3v) is 6.34. The lowest BCUT2D eigenvalue weighted by Gasteiger charge is -2.28. The highest BCUT2D eigenvalue weighted by atomic mass is 35.5. The Morgan fingerprint density at radius 2 is 1.68 bits per heavy atom. The van der Waals surface area contributed by atoms with E-state index in [0.717, 1.165) is 0 Å². The normalized spacial score (nSPS) is 14.0. The fourth-order valence-corrected chi connectivity index (χ4v) is 2.73. The number of hydrogen-bond acceptors (Lipinski definition) is 4. The molecule has 1 unspecified atom stereocenters. The molecule has 0 aromatic heterocycles. The molecular weight excluding hydrogens is 288 g/mol. The van der Waals surface area contributed by atoms with Gasteiger partial charge in [-0.1, -0.05) is 6.07 Å². The summed E-state index contributed by atoms with van der Waals surface area (Å²) in [5.41, 5.74) is 0.676. The molecule has 108 valence electrons. The standard InChI is InChI=1S/C13H19ClO4S/c1-13(2,19(5,15)16)12(14)9-6-7-10(17-3)11(8-9)18-4/h6-8,12H,1-5H3. The average Bonchev–Trinajstić information content (AvgIpc) is 2.35. The molecule has 0 N–H and O–H groups in total. The van der Waals surface area contributed by atoms with Gasteiger partial charge in [0.05, 0.1) is 24.3 Å². The van der Waals surface area contributed by atoms with Gasteiger partial charge in [-0.05, 0) is 31.5 Å². The number of sulfone groups is 1. The molecule has 0 aliphatic rings. The van der Waals surface area contributed by atoms with Crippen molar-refractivity contribution in [3.63, 3.8) is 0 Å². The maximum absolute atomic E-state index is 11.8. The van der Waals surface area contributed by atoms with E-state index in [-0.39, 0.29) is 0 Å². The van der Waals surface area contributed by atoms with Crippen molar-refractivity contribution in [2.24, 2.45) is 0 Å². The minimum absolute atomic E-state index is 0.523. The summed E-state index contributed by atoms with van der Waals surface area (Å²) in [6.45, 7) is 3.22. The largest absolute Gasteiger partial charge is 0.493 e. The third-order valence-electron chi connectivity index (χ3n) is 3.27. The van der Waals surface area contributed by atoms with Crippen LogP contribution in [-0.2, 0) is 9.84 Å². The quantitative estimate of drug-likeness (QED) is 0.785. The molecule has 0 radical (unpaired) electrons. The predicted octanol–water partition coefficient (Wildman–Crippen LogP) is 2.81. The molecule has 19 heavy (non-hydrogen) atoms. The maximum atomic E-state index is 11.8. The van der Waals surface area contributed by atoms with E-state index in [9.17, 15) is 8.42 Å². The Morgan fingerprint density at radius 3 is 2.11 bits per heavy atom. The van der Waals surface area contributed by atoms with Crippen LogP contribution < -0.4 is 9.47 Å². The molecule has 0 fully saturated rings. The fraction of sp³-hybridized carbons (Fsp3) is 0.538. The summed E-state index contributed by atoms with van der Waals surface area (Å²) in [4.78, 5) is 0. The van der Waals surface area contributed by atoms with Gasteiger partial charge in [-0.2, -0.15) is 0 Å². The Balaban J connectivity index is 3.24. The number of methoxy groups -OCH3 is 2. The molecule has 6 heteroatoms. The number of alkyl halides is 1. The van der Waals surface area contributed by atoms with E-state index in [0.29, 0.717) is 17.1 Å². The zero-order valence-corrected chi connectivity index (χ0v) is 13.3.